The van der Waals surface area contributed by atoms with Gasteiger partial charge in [0.25, 0.3) is 0 Å². The molecule has 0 fully saturated rings. The van der Waals surface area contributed by atoms with E-state index in [4.69, 9.17) is 0 Å². The van der Waals surface area contributed by atoms with Crippen LogP contribution >= 0.6 is 0 Å². The Morgan fingerprint density at radius 3 is 1.50 bits per heavy atom. The van der Waals surface area contributed by atoms with Gasteiger partial charge < -0.3 is 4.79 Å². The molecule has 0 unspecified atom stereocenters. The highest BCUT2D eigenvalue weighted by Crippen LogP contribution is 1.96. The van der Waals surface area contributed by atoms with E-state index < -0.39 is 0 Å². The Balaban J connectivity index is 0. The van der Waals surface area contributed by atoms with E-state index >= 15 is 0 Å². The molecular weight excluding hydrogens is 196 g/mol. The van der Waals surface area contributed by atoms with Crippen LogP contribution in [-0.4, -0.2) is 5.78 Å². The van der Waals surface area contributed by atoms with Gasteiger partial charge in [0.15, 0.2) is 0 Å². The van der Waals surface area contributed by atoms with Gasteiger partial charge in [-0.2, -0.15) is 0 Å². The third kappa shape index (κ3) is 18.6. The molecule has 0 atom stereocenters. The molecule has 16 heavy (non-hydrogen) atoms. The Labute approximate surface area is 101 Å². The summed E-state index contributed by atoms with van der Waals surface area (Å²) in [6.45, 7) is 9.58. The van der Waals surface area contributed by atoms with Crippen molar-refractivity contribution in [3.8, 4) is 0 Å². The molecule has 0 N–H and O–H groups in total. The van der Waals surface area contributed by atoms with E-state index in [-0.39, 0.29) is 5.78 Å². The molecule has 0 amide bonds. The molecule has 1 rings (SSSR count). The monoisotopic (exact) mass is 222 g/mol. The minimum absolute atomic E-state index is 0.167. The molecule has 1 aromatic rings. The van der Waals surface area contributed by atoms with Gasteiger partial charge >= 0.3 is 0 Å². The first-order valence-electron chi connectivity index (χ1n) is 6.09. The van der Waals surface area contributed by atoms with Gasteiger partial charge in [-0.1, -0.05) is 63.9 Å². The standard InChI is InChI=1S/C8H10.C4H10.C3H6O/c1-2-8-6-4-3-5-7-8;1-3-4-2;1-3(2)4/h3-7H,2H2,1H3;3-4H2,1-2H3;1-2H3. The van der Waals surface area contributed by atoms with E-state index in [1.54, 1.807) is 0 Å². The molecule has 0 aliphatic carbocycles. The molecule has 0 aromatic heterocycles. The van der Waals surface area contributed by atoms with Crippen LogP contribution in [0.3, 0.4) is 0 Å². The van der Waals surface area contributed by atoms with Crippen molar-refractivity contribution in [2.45, 2.75) is 53.9 Å². The molecule has 0 aliphatic heterocycles. The largest absolute Gasteiger partial charge is 0.300 e. The first kappa shape index (κ1) is 17.3. The van der Waals surface area contributed by atoms with Gasteiger partial charge in [-0.05, 0) is 25.8 Å². The van der Waals surface area contributed by atoms with Gasteiger partial charge in [0.2, 0.25) is 0 Å². The molecule has 0 bridgehead atoms. The van der Waals surface area contributed by atoms with Crippen LogP contribution in [0.5, 0.6) is 0 Å². The summed E-state index contributed by atoms with van der Waals surface area (Å²) in [7, 11) is 0. The zero-order valence-corrected chi connectivity index (χ0v) is 11.4. The quantitative estimate of drug-likeness (QED) is 0.711. The summed E-state index contributed by atoms with van der Waals surface area (Å²) < 4.78 is 0. The van der Waals surface area contributed by atoms with E-state index in [0.29, 0.717) is 0 Å². The van der Waals surface area contributed by atoms with E-state index in [0.717, 1.165) is 6.42 Å². The van der Waals surface area contributed by atoms with Crippen molar-refractivity contribution < 1.29 is 4.79 Å². The Bertz CT molecular complexity index is 233. The second-order valence-corrected chi connectivity index (χ2v) is 3.75. The van der Waals surface area contributed by atoms with Gasteiger partial charge in [0.05, 0.1) is 0 Å². The first-order chi connectivity index (χ1) is 7.58. The van der Waals surface area contributed by atoms with Gasteiger partial charge in [0.1, 0.15) is 5.78 Å². The molecule has 0 radical (unpaired) electrons. The van der Waals surface area contributed by atoms with Gasteiger partial charge in [-0.15, -0.1) is 0 Å². The van der Waals surface area contributed by atoms with E-state index in [1.807, 2.05) is 6.07 Å². The van der Waals surface area contributed by atoms with Crippen molar-refractivity contribution in [1.29, 1.82) is 0 Å². The smallest absolute Gasteiger partial charge is 0.126 e. The Morgan fingerprint density at radius 2 is 1.31 bits per heavy atom. The minimum atomic E-state index is 0.167. The van der Waals surface area contributed by atoms with Crippen molar-refractivity contribution in [2.75, 3.05) is 0 Å². The second kappa shape index (κ2) is 13.9. The fraction of sp³-hybridized carbons (Fsp3) is 0.533. The van der Waals surface area contributed by atoms with Crippen LogP contribution in [0, 0.1) is 0 Å². The van der Waals surface area contributed by atoms with E-state index in [9.17, 15) is 4.79 Å². The van der Waals surface area contributed by atoms with Crippen LogP contribution in [0.25, 0.3) is 0 Å². The van der Waals surface area contributed by atoms with Crippen molar-refractivity contribution in [3.05, 3.63) is 35.9 Å². The molecule has 0 saturated carbocycles. The number of carbonyl (C=O) groups is 1. The number of Topliss-reactive ketones (excluding diaryl/α,β-unsaturated/α-hetero) is 1. The number of ketones is 1. The lowest BCUT2D eigenvalue weighted by Crippen LogP contribution is -1.73. The number of hydrogen-bond donors (Lipinski definition) is 0. The van der Waals surface area contributed by atoms with Gasteiger partial charge in [-0.25, -0.2) is 0 Å². The third-order valence-corrected chi connectivity index (χ3v) is 1.75. The van der Waals surface area contributed by atoms with Crippen LogP contribution in [0.15, 0.2) is 30.3 Å². The topological polar surface area (TPSA) is 17.1 Å². The van der Waals surface area contributed by atoms with Gasteiger partial charge in [-0.3, -0.25) is 0 Å². The normalized spacial score (nSPS) is 8.06. The van der Waals surface area contributed by atoms with Crippen LogP contribution in [-0.2, 0) is 11.2 Å². The molecule has 0 spiro atoms. The lowest BCUT2D eigenvalue weighted by molar-refractivity contribution is -0.114. The summed E-state index contributed by atoms with van der Waals surface area (Å²) in [6.07, 6.45) is 3.78. The van der Waals surface area contributed by atoms with Crippen LogP contribution in [0.4, 0.5) is 0 Å². The fourth-order valence-electron chi connectivity index (χ4n) is 0.714. The Morgan fingerprint density at radius 1 is 0.938 bits per heavy atom. The number of unbranched alkanes of at least 4 members (excludes halogenated alkanes) is 1. The lowest BCUT2D eigenvalue weighted by Gasteiger charge is -1.89. The SMILES string of the molecule is CC(C)=O.CCCC.CCc1ccccc1. The number of benzene rings is 1. The highest BCUT2D eigenvalue weighted by atomic mass is 16.1. The predicted octanol–water partition coefficient (Wildman–Crippen LogP) is 4.65. The molecule has 0 saturated heterocycles. The molecular formula is C15H26O. The zero-order chi connectivity index (χ0) is 12.8. The molecule has 1 heteroatoms. The maximum Gasteiger partial charge on any atom is 0.126 e. The molecule has 1 aromatic carbocycles. The van der Waals surface area contributed by atoms with Gasteiger partial charge in [0, 0.05) is 0 Å². The maximum absolute atomic E-state index is 9.44. The number of aryl methyl sites for hydroxylation is 1. The summed E-state index contributed by atoms with van der Waals surface area (Å²) >= 11 is 0. The van der Waals surface area contributed by atoms with Crippen LogP contribution in [0.2, 0.25) is 0 Å². The summed E-state index contributed by atoms with van der Waals surface area (Å²) in [5, 5.41) is 0. The van der Waals surface area contributed by atoms with E-state index in [2.05, 4.69) is 45.0 Å². The number of rotatable bonds is 2. The second-order valence-electron chi connectivity index (χ2n) is 3.75. The summed E-state index contributed by atoms with van der Waals surface area (Å²) in [4.78, 5) is 9.44. The summed E-state index contributed by atoms with van der Waals surface area (Å²) in [6, 6.07) is 10.5. The van der Waals surface area contributed by atoms with Crippen molar-refractivity contribution in [2.24, 2.45) is 0 Å². The van der Waals surface area contributed by atoms with Crippen molar-refractivity contribution >= 4 is 5.78 Å². The average Bonchev–Trinajstić information content (AvgIpc) is 2.30. The van der Waals surface area contributed by atoms with E-state index in [1.165, 1.54) is 32.3 Å². The molecule has 0 heterocycles. The lowest BCUT2D eigenvalue weighted by atomic mass is 10.2. The maximum atomic E-state index is 9.44. The Kier molecular flexibility index (Phi) is 15.0. The average molecular weight is 222 g/mol. The summed E-state index contributed by atoms with van der Waals surface area (Å²) in [5.41, 5.74) is 1.41. The van der Waals surface area contributed by atoms with Crippen LogP contribution in [0.1, 0.15) is 53.0 Å². The zero-order valence-electron chi connectivity index (χ0n) is 11.4. The molecule has 0 aliphatic rings. The third-order valence-electron chi connectivity index (χ3n) is 1.75. The molecule has 1 nitrogen and oxygen atoms in total. The highest BCUT2D eigenvalue weighted by molar-refractivity contribution is 5.72. The number of hydrogen-bond acceptors (Lipinski definition) is 1. The fourth-order valence-corrected chi connectivity index (χ4v) is 0.714. The summed E-state index contributed by atoms with van der Waals surface area (Å²) in [5.74, 6) is 0.167. The first-order valence-corrected chi connectivity index (χ1v) is 6.09. The minimum Gasteiger partial charge on any atom is -0.300 e. The Hall–Kier alpha value is -1.11. The highest BCUT2D eigenvalue weighted by Gasteiger charge is 1.79. The van der Waals surface area contributed by atoms with Crippen LogP contribution < -0.4 is 0 Å². The van der Waals surface area contributed by atoms with Crippen molar-refractivity contribution in [1.82, 2.24) is 0 Å². The number of carbonyl (C=O) groups excluding carboxylic acids is 1. The molecule has 92 valence electrons. The van der Waals surface area contributed by atoms with Crippen molar-refractivity contribution in [3.63, 3.8) is 0 Å². The predicted molar refractivity (Wildman–Crippen MR) is 72.8 cm³/mol.